The van der Waals surface area contributed by atoms with Crippen molar-refractivity contribution < 1.29 is 34.1 Å². The highest BCUT2D eigenvalue weighted by Crippen LogP contribution is 2.66. The number of benzene rings is 2. The molecule has 10 nitrogen and oxygen atoms in total. The first-order chi connectivity index (χ1) is 24.1. The summed E-state index contributed by atoms with van der Waals surface area (Å²) in [4.78, 5) is 54.2. The number of phenols is 1. The maximum absolute atomic E-state index is 14.7. The van der Waals surface area contributed by atoms with Gasteiger partial charge in [0.2, 0.25) is 17.7 Å². The molecule has 0 saturated heterocycles. The fourth-order valence-corrected chi connectivity index (χ4v) is 10.9. The molecule has 4 aliphatic rings. The number of aromatic hydroxyl groups is 1. The van der Waals surface area contributed by atoms with E-state index in [2.05, 4.69) is 36.7 Å². The third kappa shape index (κ3) is 5.82. The first-order valence-electron chi connectivity index (χ1n) is 18.7. The zero-order valence-corrected chi connectivity index (χ0v) is 31.0. The monoisotopic (exact) mass is 701 g/mol. The Bertz CT molecular complexity index is 1740. The number of aliphatic hydroxyl groups is 1. The van der Waals surface area contributed by atoms with Gasteiger partial charge in [0.15, 0.2) is 0 Å². The summed E-state index contributed by atoms with van der Waals surface area (Å²) < 4.78 is 4.88. The van der Waals surface area contributed by atoms with Crippen molar-refractivity contribution in [3.05, 3.63) is 58.7 Å². The topological polar surface area (TPSA) is 154 Å². The van der Waals surface area contributed by atoms with Gasteiger partial charge in [-0.15, -0.1) is 0 Å². The number of nitrogens with one attached hydrogen (secondary N) is 3. The second-order valence-corrected chi connectivity index (χ2v) is 16.7. The van der Waals surface area contributed by atoms with E-state index in [4.69, 9.17) is 4.74 Å². The van der Waals surface area contributed by atoms with Gasteiger partial charge in [-0.2, -0.15) is 0 Å². The van der Waals surface area contributed by atoms with Gasteiger partial charge in [0.25, 0.3) is 0 Å². The summed E-state index contributed by atoms with van der Waals surface area (Å²) in [7, 11) is 0. The Morgan fingerprint density at radius 3 is 2.29 bits per heavy atom. The van der Waals surface area contributed by atoms with E-state index in [9.17, 15) is 29.4 Å². The van der Waals surface area contributed by atoms with Gasteiger partial charge in [-0.1, -0.05) is 59.6 Å². The summed E-state index contributed by atoms with van der Waals surface area (Å²) in [5.41, 5.74) is 2.35. The average Bonchev–Trinajstić information content (AvgIpc) is 3.08. The van der Waals surface area contributed by atoms with Crippen LogP contribution < -0.4 is 16.0 Å². The highest BCUT2D eigenvalue weighted by molar-refractivity contribution is 6.01. The third-order valence-electron chi connectivity index (χ3n) is 14.3. The standard InChI is InChI=1S/C41H55N3O7/c1-7-51-36(50)43-31(24-45)33(47)42-27-13-10-26-16-21-41(6)39(4,30(26)22-27)19-9-20-40(41,5)35(49)44-34(48)38(3)18-8-17-37(2)29-23-28(46)14-11-25(29)12-15-32(37)38/h10-11,13-14,22-23,31-32,45-46H,7-9,12,15-21,24H2,1-6H3,(H,42,47)(H,43,50)(H,44,48,49)/t31-,32+,37+,38-,39+,40+,41+/m0/s1. The van der Waals surface area contributed by atoms with E-state index in [1.807, 2.05) is 44.2 Å². The molecule has 4 aliphatic carbocycles. The SMILES string of the molecule is CCOC(=O)N[C@@H](CO)C(=O)Nc1ccc2c(c1)[C@@]1(C)CCC[C@](C)(C(=O)NC(=O)[C@@]3(C)CCC[C@]4(C)c5cc(O)ccc5CC[C@@H]34)[C@]1(C)CC2. The first-order valence-corrected chi connectivity index (χ1v) is 18.7. The number of amides is 4. The van der Waals surface area contributed by atoms with E-state index in [-0.39, 0.29) is 35.5 Å². The molecule has 6 rings (SSSR count). The van der Waals surface area contributed by atoms with Gasteiger partial charge < -0.3 is 25.6 Å². The van der Waals surface area contributed by atoms with Crippen LogP contribution in [0.3, 0.4) is 0 Å². The van der Waals surface area contributed by atoms with Crippen molar-refractivity contribution in [2.45, 2.75) is 123 Å². The maximum Gasteiger partial charge on any atom is 0.407 e. The summed E-state index contributed by atoms with van der Waals surface area (Å²) in [6.07, 6.45) is 7.24. The molecule has 0 spiro atoms. The van der Waals surface area contributed by atoms with E-state index in [0.717, 1.165) is 68.1 Å². The Labute approximate surface area is 301 Å². The Hall–Kier alpha value is -3.92. The lowest BCUT2D eigenvalue weighted by atomic mass is 9.41. The van der Waals surface area contributed by atoms with Crippen molar-refractivity contribution in [2.24, 2.45) is 22.2 Å². The molecule has 5 N–H and O–H groups in total. The van der Waals surface area contributed by atoms with Crippen LogP contribution in [0.5, 0.6) is 5.75 Å². The van der Waals surface area contributed by atoms with Crippen LogP contribution in [-0.4, -0.2) is 53.3 Å². The number of ether oxygens (including phenoxy) is 1. The van der Waals surface area contributed by atoms with Crippen molar-refractivity contribution in [3.63, 3.8) is 0 Å². The Kier molecular flexibility index (Phi) is 9.57. The average molecular weight is 702 g/mol. The number of alkyl carbamates (subject to hydrolysis) is 1. The van der Waals surface area contributed by atoms with Crippen LogP contribution in [0.1, 0.15) is 115 Å². The maximum atomic E-state index is 14.7. The predicted octanol–water partition coefficient (Wildman–Crippen LogP) is 6.19. The molecule has 2 aromatic rings. The fraction of sp³-hybridized carbons (Fsp3) is 0.610. The van der Waals surface area contributed by atoms with Crippen LogP contribution in [0.15, 0.2) is 36.4 Å². The van der Waals surface area contributed by atoms with Crippen molar-refractivity contribution in [1.82, 2.24) is 10.6 Å². The molecule has 0 unspecified atom stereocenters. The molecular formula is C41H55N3O7. The number of phenolic OH excluding ortho intramolecular Hbond substituents is 1. The smallest absolute Gasteiger partial charge is 0.407 e. The summed E-state index contributed by atoms with van der Waals surface area (Å²) in [5, 5.41) is 28.4. The molecule has 276 valence electrons. The van der Waals surface area contributed by atoms with Crippen LogP contribution in [0.25, 0.3) is 0 Å². The van der Waals surface area contributed by atoms with Crippen LogP contribution in [0, 0.1) is 22.2 Å². The molecular weight excluding hydrogens is 646 g/mol. The fourth-order valence-electron chi connectivity index (χ4n) is 10.9. The van der Waals surface area contributed by atoms with E-state index >= 15 is 0 Å². The Morgan fingerprint density at radius 2 is 1.57 bits per heavy atom. The number of hydrogen-bond donors (Lipinski definition) is 5. The van der Waals surface area contributed by atoms with Gasteiger partial charge >= 0.3 is 6.09 Å². The molecule has 2 aromatic carbocycles. The summed E-state index contributed by atoms with van der Waals surface area (Å²) >= 11 is 0. The highest BCUT2D eigenvalue weighted by Gasteiger charge is 2.64. The number of carbonyl (C=O) groups is 4. The molecule has 51 heavy (non-hydrogen) atoms. The molecule has 0 radical (unpaired) electrons. The van der Waals surface area contributed by atoms with Crippen molar-refractivity contribution in [2.75, 3.05) is 18.5 Å². The minimum Gasteiger partial charge on any atom is -0.508 e. The number of hydrogen-bond acceptors (Lipinski definition) is 7. The van der Waals surface area contributed by atoms with Gasteiger partial charge in [-0.05, 0) is 127 Å². The Balaban J connectivity index is 1.24. The lowest BCUT2D eigenvalue weighted by molar-refractivity contribution is -0.157. The second-order valence-electron chi connectivity index (χ2n) is 16.7. The van der Waals surface area contributed by atoms with Gasteiger partial charge in [0.05, 0.1) is 24.0 Å². The van der Waals surface area contributed by atoms with E-state index < -0.39 is 46.3 Å². The van der Waals surface area contributed by atoms with Crippen LogP contribution in [-0.2, 0) is 42.8 Å². The predicted molar refractivity (Wildman–Crippen MR) is 194 cm³/mol. The molecule has 0 aromatic heterocycles. The van der Waals surface area contributed by atoms with Crippen molar-refractivity contribution in [3.8, 4) is 5.75 Å². The normalized spacial score (nSPS) is 32.9. The molecule has 0 bridgehead atoms. The molecule has 10 heteroatoms. The van der Waals surface area contributed by atoms with Crippen molar-refractivity contribution in [1.29, 1.82) is 0 Å². The molecule has 0 aliphatic heterocycles. The van der Waals surface area contributed by atoms with Crippen LogP contribution in [0.4, 0.5) is 10.5 Å². The number of fused-ring (bicyclic) bond motifs is 6. The number of imide groups is 1. The number of aryl methyl sites for hydroxylation is 2. The highest BCUT2D eigenvalue weighted by atomic mass is 16.5. The van der Waals surface area contributed by atoms with Gasteiger partial charge in [0.1, 0.15) is 11.8 Å². The first kappa shape index (κ1) is 36.9. The van der Waals surface area contributed by atoms with Gasteiger partial charge in [-0.3, -0.25) is 19.7 Å². The van der Waals surface area contributed by atoms with E-state index in [1.54, 1.807) is 13.0 Å². The largest absolute Gasteiger partial charge is 0.508 e. The third-order valence-corrected chi connectivity index (χ3v) is 14.3. The summed E-state index contributed by atoms with van der Waals surface area (Å²) in [6.45, 7) is 11.9. The number of rotatable bonds is 7. The quantitative estimate of drug-likeness (QED) is 0.216. The lowest BCUT2D eigenvalue weighted by Gasteiger charge is -2.62. The number of anilines is 1. The van der Waals surface area contributed by atoms with Crippen LogP contribution in [0.2, 0.25) is 0 Å². The molecule has 4 amide bonds. The van der Waals surface area contributed by atoms with E-state index in [1.165, 1.54) is 5.56 Å². The minimum atomic E-state index is -1.18. The minimum absolute atomic E-state index is 0.0361. The molecule has 0 heterocycles. The van der Waals surface area contributed by atoms with Gasteiger partial charge in [-0.25, -0.2) is 4.79 Å². The summed E-state index contributed by atoms with van der Waals surface area (Å²) in [6, 6.07) is 10.3. The number of aliphatic hydroxyl groups excluding tert-OH is 1. The number of carbonyl (C=O) groups excluding carboxylic acids is 4. The lowest BCUT2D eigenvalue weighted by Crippen LogP contribution is -2.64. The zero-order chi connectivity index (χ0) is 37.0. The molecule has 2 saturated carbocycles. The van der Waals surface area contributed by atoms with E-state index in [0.29, 0.717) is 18.5 Å². The summed E-state index contributed by atoms with van der Waals surface area (Å²) in [5.74, 6) is -0.694. The molecule has 7 atom stereocenters. The molecule has 2 fully saturated rings. The van der Waals surface area contributed by atoms with Crippen LogP contribution >= 0.6 is 0 Å². The van der Waals surface area contributed by atoms with Gasteiger partial charge in [0, 0.05) is 5.69 Å². The van der Waals surface area contributed by atoms with Crippen molar-refractivity contribution >= 4 is 29.5 Å². The zero-order valence-electron chi connectivity index (χ0n) is 31.0. The second kappa shape index (κ2) is 13.2. The Morgan fingerprint density at radius 1 is 0.863 bits per heavy atom.